The predicted octanol–water partition coefficient (Wildman–Crippen LogP) is 6.05. The van der Waals surface area contributed by atoms with E-state index in [9.17, 15) is 9.59 Å². The Morgan fingerprint density at radius 3 is 2.30 bits per heavy atom. The molecule has 194 valence electrons. The van der Waals surface area contributed by atoms with Gasteiger partial charge in [-0.3, -0.25) is 9.59 Å². The summed E-state index contributed by atoms with van der Waals surface area (Å²) in [6, 6.07) is 24.9. The number of rotatable bonds is 4. The molecule has 5 nitrogen and oxygen atoms in total. The number of benzene rings is 3. The smallest absolute Gasteiger partial charge is 0.257 e. The molecule has 4 rings (SSSR count). The van der Waals surface area contributed by atoms with E-state index >= 15 is 0 Å². The molecule has 0 saturated carbocycles. The van der Waals surface area contributed by atoms with E-state index < -0.39 is 0 Å². The minimum Gasteiger partial charge on any atom is -0.491 e. The van der Waals surface area contributed by atoms with Gasteiger partial charge in [-0.25, -0.2) is 0 Å². The Labute approximate surface area is 225 Å². The lowest BCUT2D eigenvalue weighted by atomic mass is 10.0. The molecule has 0 spiro atoms. The van der Waals surface area contributed by atoms with Crippen molar-refractivity contribution in [2.45, 2.75) is 44.6 Å². The molecule has 1 heterocycles. The Hall–Kier alpha value is -3.31. The Bertz CT molecular complexity index is 1170. The molecule has 2 amide bonds. The summed E-state index contributed by atoms with van der Waals surface area (Å²) in [5.41, 5.74) is 2.64. The van der Waals surface area contributed by atoms with Crippen LogP contribution in [0.5, 0.6) is 5.75 Å². The van der Waals surface area contributed by atoms with Gasteiger partial charge in [0.15, 0.2) is 0 Å². The maximum Gasteiger partial charge on any atom is 0.257 e. The minimum absolute atomic E-state index is 0.0389. The molecule has 6 heteroatoms. The van der Waals surface area contributed by atoms with Gasteiger partial charge in [0.05, 0.1) is 18.0 Å². The highest BCUT2D eigenvalue weighted by Gasteiger charge is 2.26. The number of nitrogens with zero attached hydrogens (tertiary/aromatic N) is 2. The van der Waals surface area contributed by atoms with Crippen LogP contribution in [-0.4, -0.2) is 54.4 Å². The molecular weight excluding hydrogens is 484 g/mol. The highest BCUT2D eigenvalue weighted by Crippen LogP contribution is 2.23. The number of carbonyl (C=O) groups excluding carboxylic acids is 2. The van der Waals surface area contributed by atoms with Gasteiger partial charge in [0.1, 0.15) is 12.4 Å². The molecule has 3 aromatic rings. The quantitative estimate of drug-likeness (QED) is 0.422. The normalized spacial score (nSPS) is 17.5. The summed E-state index contributed by atoms with van der Waals surface area (Å²) in [4.78, 5) is 30.6. The van der Waals surface area contributed by atoms with Crippen LogP contribution in [0.4, 0.5) is 0 Å². The summed E-state index contributed by atoms with van der Waals surface area (Å²) in [6.45, 7) is 1.67. The standard InChI is InChI=1S/C31H35ClN2O3/c1-33-19-9-2-3-10-20-34(30(35)22-25-15-17-26(32)18-16-25)27(21-24-11-5-4-6-12-24)23-37-29-14-8-7-13-28(29)31(33)36/h4-8,11-18,27H,2-3,9-10,19-23H2,1H3/t27-/m0/s1. The molecule has 3 aromatic carbocycles. The lowest BCUT2D eigenvalue weighted by Gasteiger charge is -2.33. The van der Waals surface area contributed by atoms with Gasteiger partial charge in [-0.2, -0.15) is 0 Å². The van der Waals surface area contributed by atoms with Gasteiger partial charge in [0.25, 0.3) is 5.91 Å². The molecule has 0 aliphatic carbocycles. The second-order valence-corrected chi connectivity index (χ2v) is 10.1. The molecule has 1 atom stereocenters. The van der Waals surface area contributed by atoms with Crippen molar-refractivity contribution in [2.24, 2.45) is 0 Å². The molecule has 0 saturated heterocycles. The summed E-state index contributed by atoms with van der Waals surface area (Å²) in [7, 11) is 1.85. The number of para-hydroxylation sites is 1. The number of carbonyl (C=O) groups is 2. The number of fused-ring (bicyclic) bond motifs is 1. The third-order valence-corrected chi connectivity index (χ3v) is 7.13. The van der Waals surface area contributed by atoms with E-state index in [1.807, 2.05) is 78.7 Å². The summed E-state index contributed by atoms with van der Waals surface area (Å²) in [5, 5.41) is 0.656. The highest BCUT2D eigenvalue weighted by atomic mass is 35.5. The van der Waals surface area contributed by atoms with Gasteiger partial charge >= 0.3 is 0 Å². The Morgan fingerprint density at radius 1 is 0.865 bits per heavy atom. The highest BCUT2D eigenvalue weighted by molar-refractivity contribution is 6.30. The first-order valence-corrected chi connectivity index (χ1v) is 13.4. The van der Waals surface area contributed by atoms with Crippen molar-refractivity contribution >= 4 is 23.4 Å². The van der Waals surface area contributed by atoms with Gasteiger partial charge in [0, 0.05) is 25.2 Å². The van der Waals surface area contributed by atoms with Gasteiger partial charge in [-0.05, 0) is 54.7 Å². The van der Waals surface area contributed by atoms with Crippen LogP contribution in [-0.2, 0) is 17.6 Å². The zero-order valence-corrected chi connectivity index (χ0v) is 22.2. The number of hydrogen-bond donors (Lipinski definition) is 0. The Kier molecular flexibility index (Phi) is 9.61. The monoisotopic (exact) mass is 518 g/mol. The first-order valence-electron chi connectivity index (χ1n) is 13.1. The molecule has 0 bridgehead atoms. The summed E-state index contributed by atoms with van der Waals surface area (Å²) in [5.74, 6) is 0.588. The lowest BCUT2D eigenvalue weighted by Crippen LogP contribution is -2.46. The number of hydrogen-bond acceptors (Lipinski definition) is 3. The van der Waals surface area contributed by atoms with Crippen LogP contribution < -0.4 is 4.74 Å². The van der Waals surface area contributed by atoms with Crippen molar-refractivity contribution < 1.29 is 14.3 Å². The van der Waals surface area contributed by atoms with Crippen LogP contribution in [0, 0.1) is 0 Å². The topological polar surface area (TPSA) is 49.9 Å². The molecule has 0 radical (unpaired) electrons. The number of ether oxygens (including phenoxy) is 1. The van der Waals surface area contributed by atoms with Crippen molar-refractivity contribution in [1.82, 2.24) is 9.80 Å². The van der Waals surface area contributed by atoms with Crippen LogP contribution in [0.2, 0.25) is 5.02 Å². The lowest BCUT2D eigenvalue weighted by molar-refractivity contribution is -0.133. The van der Waals surface area contributed by atoms with Gasteiger partial charge in [0.2, 0.25) is 5.91 Å². The maximum absolute atomic E-state index is 13.7. The second kappa shape index (κ2) is 13.3. The van der Waals surface area contributed by atoms with E-state index in [1.54, 1.807) is 4.90 Å². The number of amides is 2. The Balaban J connectivity index is 1.63. The zero-order valence-electron chi connectivity index (χ0n) is 21.4. The third kappa shape index (κ3) is 7.59. The average Bonchev–Trinajstić information content (AvgIpc) is 2.92. The fourth-order valence-electron chi connectivity index (χ4n) is 4.78. The van der Waals surface area contributed by atoms with Crippen LogP contribution >= 0.6 is 11.6 Å². The molecule has 0 unspecified atom stereocenters. The van der Waals surface area contributed by atoms with E-state index in [4.69, 9.17) is 16.3 Å². The molecule has 1 aliphatic heterocycles. The summed E-state index contributed by atoms with van der Waals surface area (Å²) in [6.07, 6.45) is 4.83. The maximum atomic E-state index is 13.7. The van der Waals surface area contributed by atoms with Crippen molar-refractivity contribution in [3.8, 4) is 5.75 Å². The van der Waals surface area contributed by atoms with Crippen LogP contribution in [0.15, 0.2) is 78.9 Å². The minimum atomic E-state index is -0.175. The first-order chi connectivity index (χ1) is 18.0. The van der Waals surface area contributed by atoms with Crippen LogP contribution in [0.25, 0.3) is 0 Å². The van der Waals surface area contributed by atoms with Crippen molar-refractivity contribution in [2.75, 3.05) is 26.7 Å². The van der Waals surface area contributed by atoms with Gasteiger partial charge in [-0.15, -0.1) is 0 Å². The van der Waals surface area contributed by atoms with Gasteiger partial charge in [-0.1, -0.05) is 79.0 Å². The fourth-order valence-corrected chi connectivity index (χ4v) is 4.91. The third-order valence-electron chi connectivity index (χ3n) is 6.88. The van der Waals surface area contributed by atoms with E-state index in [1.165, 1.54) is 0 Å². The first kappa shape index (κ1) is 26.7. The number of halogens is 1. The Morgan fingerprint density at radius 2 is 1.54 bits per heavy atom. The SMILES string of the molecule is CN1CCCCCCN(C(=O)Cc2ccc(Cl)cc2)[C@@H](Cc2ccccc2)COc2ccccc2C1=O. The second-order valence-electron chi connectivity index (χ2n) is 9.68. The molecular formula is C31H35ClN2O3. The van der Waals surface area contributed by atoms with E-state index in [-0.39, 0.29) is 17.9 Å². The summed E-state index contributed by atoms with van der Waals surface area (Å²) < 4.78 is 6.32. The zero-order chi connectivity index (χ0) is 26.0. The molecule has 0 N–H and O–H groups in total. The van der Waals surface area contributed by atoms with Crippen molar-refractivity contribution in [1.29, 1.82) is 0 Å². The van der Waals surface area contributed by atoms with Crippen LogP contribution in [0.3, 0.4) is 0 Å². The van der Waals surface area contributed by atoms with E-state index in [2.05, 4.69) is 12.1 Å². The van der Waals surface area contributed by atoms with E-state index in [0.717, 1.165) is 36.8 Å². The largest absolute Gasteiger partial charge is 0.491 e. The van der Waals surface area contributed by atoms with Crippen molar-refractivity contribution in [3.63, 3.8) is 0 Å². The average molecular weight is 519 g/mol. The van der Waals surface area contributed by atoms with Crippen molar-refractivity contribution in [3.05, 3.63) is 101 Å². The fraction of sp³-hybridized carbons (Fsp3) is 0.355. The van der Waals surface area contributed by atoms with Gasteiger partial charge < -0.3 is 14.5 Å². The molecule has 37 heavy (non-hydrogen) atoms. The molecule has 0 fully saturated rings. The van der Waals surface area contributed by atoms with E-state index in [0.29, 0.717) is 48.9 Å². The summed E-state index contributed by atoms with van der Waals surface area (Å²) >= 11 is 6.06. The predicted molar refractivity (Wildman–Crippen MR) is 148 cm³/mol. The van der Waals surface area contributed by atoms with Crippen LogP contribution in [0.1, 0.15) is 47.2 Å². The molecule has 0 aromatic heterocycles. The molecule has 1 aliphatic rings.